The van der Waals surface area contributed by atoms with Crippen LogP contribution in [0.5, 0.6) is 0 Å². The minimum atomic E-state index is -1.61. The Hall–Kier alpha value is 0.630. The first kappa shape index (κ1) is 13.2. The highest BCUT2D eigenvalue weighted by atomic mass is 35.6. The van der Waals surface area contributed by atoms with Gasteiger partial charge in [0.25, 0.3) is 3.25 Å². The lowest BCUT2D eigenvalue weighted by Crippen LogP contribution is -1.86. The van der Waals surface area contributed by atoms with Gasteiger partial charge in [-0.25, -0.2) is 0 Å². The van der Waals surface area contributed by atoms with Gasteiger partial charge in [0.05, 0.1) is 0 Å². The first-order valence-corrected chi connectivity index (χ1v) is 3.76. The number of alkyl halides is 4. The van der Waals surface area contributed by atoms with Crippen LogP contribution >= 0.6 is 46.4 Å². The molecule has 0 atom stereocenters. The Morgan fingerprint density at radius 1 is 1.40 bits per heavy atom. The van der Waals surface area contributed by atoms with Gasteiger partial charge < -0.3 is 5.11 Å². The topological polar surface area (TPSA) is 37.3 Å². The van der Waals surface area contributed by atoms with Crippen molar-refractivity contribution in [3.05, 3.63) is 0 Å². The number of carboxylic acid groups (broad SMARTS) is 1. The average molecular weight is 228 g/mol. The molecule has 10 heavy (non-hydrogen) atoms. The van der Waals surface area contributed by atoms with Crippen LogP contribution in [0, 0.1) is 0 Å². The molecule has 0 spiro atoms. The summed E-state index contributed by atoms with van der Waals surface area (Å²) >= 11 is 19.3. The van der Waals surface area contributed by atoms with E-state index in [-0.39, 0.29) is 6.42 Å². The molecule has 0 aliphatic heterocycles. The van der Waals surface area contributed by atoms with Crippen LogP contribution in [0.25, 0.3) is 0 Å². The van der Waals surface area contributed by atoms with Gasteiger partial charge in [0.1, 0.15) is 0 Å². The Labute approximate surface area is 79.0 Å². The van der Waals surface area contributed by atoms with Crippen LogP contribution in [0.1, 0.15) is 13.3 Å². The minimum absolute atomic E-state index is 0.222. The SMILES string of the molecule is CCC(=O)O.ClC(Cl)(Cl)Cl. The Morgan fingerprint density at radius 3 is 1.50 bits per heavy atom. The number of aliphatic carboxylic acids is 1. The maximum Gasteiger partial charge on any atom is 0.303 e. The second-order valence-corrected chi connectivity index (χ2v) is 4.60. The lowest BCUT2D eigenvalue weighted by atomic mass is 10.5. The molecule has 62 valence electrons. The molecule has 0 radical (unpaired) electrons. The summed E-state index contributed by atoms with van der Waals surface area (Å²) in [5, 5.41) is 7.72. The minimum Gasteiger partial charge on any atom is -0.481 e. The van der Waals surface area contributed by atoms with Gasteiger partial charge in [-0.15, -0.1) is 0 Å². The molecule has 0 amide bonds. The summed E-state index contributed by atoms with van der Waals surface area (Å²) in [6.07, 6.45) is 0.222. The Kier molecular flexibility index (Phi) is 8.40. The zero-order chi connectivity index (χ0) is 8.78. The first-order valence-electron chi connectivity index (χ1n) is 2.24. The van der Waals surface area contributed by atoms with Gasteiger partial charge in [-0.05, 0) is 0 Å². The Morgan fingerprint density at radius 2 is 1.50 bits per heavy atom. The third-order valence-corrected chi connectivity index (χ3v) is 0.302. The second-order valence-electron chi connectivity index (χ2n) is 1.18. The van der Waals surface area contributed by atoms with Gasteiger partial charge in [-0.1, -0.05) is 53.3 Å². The van der Waals surface area contributed by atoms with Crippen molar-refractivity contribution >= 4 is 52.4 Å². The summed E-state index contributed by atoms with van der Waals surface area (Å²) in [4.78, 5) is 9.37. The maximum atomic E-state index is 9.37. The fourth-order valence-electron chi connectivity index (χ4n) is 0. The van der Waals surface area contributed by atoms with Crippen molar-refractivity contribution < 1.29 is 9.90 Å². The van der Waals surface area contributed by atoms with E-state index in [4.69, 9.17) is 51.5 Å². The summed E-state index contributed by atoms with van der Waals surface area (Å²) in [6.45, 7) is 1.60. The number of hydrogen-bond donors (Lipinski definition) is 1. The van der Waals surface area contributed by atoms with E-state index in [9.17, 15) is 4.79 Å². The van der Waals surface area contributed by atoms with Crippen LogP contribution in [-0.2, 0) is 4.79 Å². The third-order valence-electron chi connectivity index (χ3n) is 0.302. The standard InChI is InChI=1S/C3H6O2.CCl4/c1-2-3(4)5;2-1(3,4)5/h2H2,1H3,(H,4,5);. The molecule has 0 fully saturated rings. The molecule has 0 saturated carbocycles. The largest absolute Gasteiger partial charge is 0.481 e. The van der Waals surface area contributed by atoms with E-state index in [1.54, 1.807) is 6.92 Å². The Bertz CT molecular complexity index is 91.9. The van der Waals surface area contributed by atoms with Crippen molar-refractivity contribution in [2.75, 3.05) is 0 Å². The molecule has 0 aliphatic carbocycles. The summed E-state index contributed by atoms with van der Waals surface area (Å²) in [6, 6.07) is 0. The highest BCUT2D eigenvalue weighted by Gasteiger charge is 2.11. The summed E-state index contributed by atoms with van der Waals surface area (Å²) in [5.74, 6) is -0.745. The first-order chi connectivity index (χ1) is 4.27. The van der Waals surface area contributed by atoms with E-state index in [1.807, 2.05) is 0 Å². The van der Waals surface area contributed by atoms with Crippen LogP contribution in [-0.4, -0.2) is 14.3 Å². The molecule has 2 nitrogen and oxygen atoms in total. The Balaban J connectivity index is 0. The van der Waals surface area contributed by atoms with E-state index in [2.05, 4.69) is 0 Å². The lowest BCUT2D eigenvalue weighted by molar-refractivity contribution is -0.136. The molecule has 1 N–H and O–H groups in total. The van der Waals surface area contributed by atoms with Crippen LogP contribution in [0.3, 0.4) is 0 Å². The van der Waals surface area contributed by atoms with Gasteiger partial charge in [-0.3, -0.25) is 4.79 Å². The van der Waals surface area contributed by atoms with E-state index in [0.717, 1.165) is 0 Å². The van der Waals surface area contributed by atoms with E-state index in [1.165, 1.54) is 0 Å². The quantitative estimate of drug-likeness (QED) is 0.700. The normalized spacial score (nSPS) is 9.70. The lowest BCUT2D eigenvalue weighted by Gasteiger charge is -1.91. The van der Waals surface area contributed by atoms with E-state index in [0.29, 0.717) is 0 Å². The van der Waals surface area contributed by atoms with Gasteiger partial charge in [0, 0.05) is 6.42 Å². The number of hydrogen-bond acceptors (Lipinski definition) is 1. The van der Waals surface area contributed by atoms with Crippen molar-refractivity contribution in [1.29, 1.82) is 0 Å². The second kappa shape index (κ2) is 6.35. The van der Waals surface area contributed by atoms with Gasteiger partial charge in [0.15, 0.2) is 0 Å². The number of rotatable bonds is 1. The summed E-state index contributed by atoms with van der Waals surface area (Å²) < 4.78 is -1.61. The molecule has 0 aromatic rings. The zero-order valence-corrected chi connectivity index (χ0v) is 8.10. The number of carbonyl (C=O) groups is 1. The molecule has 6 heteroatoms. The van der Waals surface area contributed by atoms with Crippen LogP contribution < -0.4 is 0 Å². The highest BCUT2D eigenvalue weighted by Crippen LogP contribution is 2.29. The van der Waals surface area contributed by atoms with Crippen molar-refractivity contribution in [2.24, 2.45) is 0 Å². The summed E-state index contributed by atoms with van der Waals surface area (Å²) in [7, 11) is 0. The number of carboxylic acids is 1. The molecule has 0 aromatic carbocycles. The maximum absolute atomic E-state index is 9.37. The van der Waals surface area contributed by atoms with E-state index >= 15 is 0 Å². The fraction of sp³-hybridized carbons (Fsp3) is 0.750. The average Bonchev–Trinajstić information content (AvgIpc) is 1.61. The predicted molar refractivity (Wildman–Crippen MR) is 44.1 cm³/mol. The molecule has 0 aromatic heterocycles. The smallest absolute Gasteiger partial charge is 0.303 e. The molecule has 0 rings (SSSR count). The summed E-state index contributed by atoms with van der Waals surface area (Å²) in [5.41, 5.74) is 0. The number of halogens is 4. The molecular formula is C4H6Cl4O2. The van der Waals surface area contributed by atoms with Gasteiger partial charge in [-0.2, -0.15) is 0 Å². The van der Waals surface area contributed by atoms with Crippen LogP contribution in [0.15, 0.2) is 0 Å². The zero-order valence-electron chi connectivity index (χ0n) is 5.07. The van der Waals surface area contributed by atoms with Gasteiger partial charge >= 0.3 is 5.97 Å². The van der Waals surface area contributed by atoms with Crippen LogP contribution in [0.2, 0.25) is 0 Å². The monoisotopic (exact) mass is 226 g/mol. The van der Waals surface area contributed by atoms with Gasteiger partial charge in [0.2, 0.25) is 0 Å². The van der Waals surface area contributed by atoms with Crippen molar-refractivity contribution in [3.8, 4) is 0 Å². The van der Waals surface area contributed by atoms with Crippen molar-refractivity contribution in [3.63, 3.8) is 0 Å². The highest BCUT2D eigenvalue weighted by molar-refractivity contribution is 6.83. The third kappa shape index (κ3) is 72.6. The molecule has 0 saturated heterocycles. The van der Waals surface area contributed by atoms with Crippen LogP contribution in [0.4, 0.5) is 0 Å². The molecular weight excluding hydrogens is 222 g/mol. The molecule has 0 aliphatic rings. The van der Waals surface area contributed by atoms with E-state index < -0.39 is 9.22 Å². The molecule has 0 heterocycles. The fourth-order valence-corrected chi connectivity index (χ4v) is 0. The molecule has 0 unspecified atom stereocenters. The van der Waals surface area contributed by atoms with Crippen molar-refractivity contribution in [1.82, 2.24) is 0 Å². The predicted octanol–water partition coefficient (Wildman–Crippen LogP) is 3.03. The van der Waals surface area contributed by atoms with Crippen molar-refractivity contribution in [2.45, 2.75) is 16.6 Å². The molecule has 0 bridgehead atoms.